The number of fused-ring (bicyclic) bond motifs is 5. The van der Waals surface area contributed by atoms with Crippen LogP contribution in [-0.2, 0) is 18.9 Å². The molecule has 0 radical (unpaired) electrons. The molecule has 5 nitrogen and oxygen atoms in total. The van der Waals surface area contributed by atoms with E-state index in [4.69, 9.17) is 18.9 Å². The van der Waals surface area contributed by atoms with Gasteiger partial charge in [-0.1, -0.05) is 13.8 Å². The Morgan fingerprint density at radius 2 is 1.43 bits per heavy atom. The molecule has 30 heavy (non-hydrogen) atoms. The molecular weight excluding hydrogens is 380 g/mol. The molecule has 8 atom stereocenters. The molecule has 170 valence electrons. The smallest absolute Gasteiger partial charge is 0.169 e. The first kappa shape index (κ1) is 20.4. The third-order valence-electron chi connectivity index (χ3n) is 10.9. The Morgan fingerprint density at radius 1 is 0.733 bits per heavy atom. The number of hydrogen-bond donors (Lipinski definition) is 1. The molecule has 0 aromatic heterocycles. The highest BCUT2D eigenvalue weighted by atomic mass is 16.7. The van der Waals surface area contributed by atoms with Gasteiger partial charge in [-0.2, -0.15) is 0 Å². The van der Waals surface area contributed by atoms with Crippen molar-refractivity contribution >= 4 is 0 Å². The molecule has 1 N–H and O–H groups in total. The molecule has 5 heteroatoms. The highest BCUT2D eigenvalue weighted by Crippen LogP contribution is 2.69. The normalized spacial score (nSPS) is 54.0. The van der Waals surface area contributed by atoms with E-state index in [0.717, 1.165) is 38.9 Å². The Morgan fingerprint density at radius 3 is 2.17 bits per heavy atom. The Kier molecular flexibility index (Phi) is 4.53. The van der Waals surface area contributed by atoms with E-state index in [-0.39, 0.29) is 22.7 Å². The summed E-state index contributed by atoms with van der Waals surface area (Å²) < 4.78 is 24.5. The van der Waals surface area contributed by atoms with Crippen LogP contribution in [0.2, 0.25) is 0 Å². The van der Waals surface area contributed by atoms with Crippen molar-refractivity contribution in [2.45, 2.75) is 89.8 Å². The summed E-state index contributed by atoms with van der Waals surface area (Å²) in [6, 6.07) is 0. The second kappa shape index (κ2) is 6.66. The molecule has 6 fully saturated rings. The second-order valence-electron chi connectivity index (χ2n) is 12.0. The van der Waals surface area contributed by atoms with Crippen LogP contribution in [0.15, 0.2) is 0 Å². The van der Waals surface area contributed by atoms with Crippen LogP contribution in [0.3, 0.4) is 0 Å². The van der Waals surface area contributed by atoms with E-state index in [1.54, 1.807) is 0 Å². The maximum Gasteiger partial charge on any atom is 0.169 e. The molecule has 4 aliphatic carbocycles. The van der Waals surface area contributed by atoms with Crippen LogP contribution in [0.5, 0.6) is 0 Å². The van der Waals surface area contributed by atoms with Crippen molar-refractivity contribution in [2.24, 2.45) is 40.4 Å². The van der Waals surface area contributed by atoms with Gasteiger partial charge in [0, 0.05) is 18.8 Å². The van der Waals surface area contributed by atoms with E-state index in [1.807, 2.05) is 0 Å². The number of rotatable bonds is 1. The van der Waals surface area contributed by atoms with Gasteiger partial charge in [0.2, 0.25) is 0 Å². The van der Waals surface area contributed by atoms with Gasteiger partial charge in [-0.3, -0.25) is 0 Å². The third-order valence-corrected chi connectivity index (χ3v) is 10.9. The molecule has 2 aliphatic heterocycles. The van der Waals surface area contributed by atoms with Gasteiger partial charge in [-0.15, -0.1) is 0 Å². The summed E-state index contributed by atoms with van der Waals surface area (Å²) in [5.74, 6) is 1.89. The lowest BCUT2D eigenvalue weighted by Gasteiger charge is -2.63. The minimum absolute atomic E-state index is 0.108. The average Bonchev–Trinajstić information content (AvgIpc) is 3.41. The third kappa shape index (κ3) is 2.65. The SMILES string of the molecule is CC1([C@@H]2CC[C@@H]3[C@@H]4CC[C@@H]5CC6(CC[C@]5(C)[C@H]4[C@@H](O)C[C@@]32C)OCCO6)OCCO1. The van der Waals surface area contributed by atoms with E-state index in [0.29, 0.717) is 42.8 Å². The topological polar surface area (TPSA) is 57.2 Å². The second-order valence-corrected chi connectivity index (χ2v) is 12.0. The molecular formula is C25H40O5. The first-order valence-electron chi connectivity index (χ1n) is 12.5. The van der Waals surface area contributed by atoms with Crippen LogP contribution in [0, 0.1) is 40.4 Å². The predicted octanol–water partition coefficient (Wildman–Crippen LogP) is 4.12. The number of aliphatic hydroxyl groups is 1. The summed E-state index contributed by atoms with van der Waals surface area (Å²) in [7, 11) is 0. The summed E-state index contributed by atoms with van der Waals surface area (Å²) >= 11 is 0. The Labute approximate surface area is 181 Å². The van der Waals surface area contributed by atoms with Gasteiger partial charge in [0.1, 0.15) is 0 Å². The van der Waals surface area contributed by atoms with Crippen molar-refractivity contribution in [2.75, 3.05) is 26.4 Å². The fourth-order valence-electron chi connectivity index (χ4n) is 9.67. The fraction of sp³-hybridized carbons (Fsp3) is 1.00. The lowest BCUT2D eigenvalue weighted by molar-refractivity contribution is -0.254. The lowest BCUT2D eigenvalue weighted by Crippen LogP contribution is -2.61. The highest BCUT2D eigenvalue weighted by molar-refractivity contribution is 5.14. The van der Waals surface area contributed by atoms with Crippen LogP contribution in [0.1, 0.15) is 72.1 Å². The fourth-order valence-corrected chi connectivity index (χ4v) is 9.67. The molecule has 2 saturated heterocycles. The first-order valence-corrected chi connectivity index (χ1v) is 12.5. The average molecular weight is 421 g/mol. The lowest BCUT2D eigenvalue weighted by atomic mass is 9.43. The molecule has 1 spiro atoms. The van der Waals surface area contributed by atoms with Gasteiger partial charge in [0.15, 0.2) is 11.6 Å². The van der Waals surface area contributed by atoms with Gasteiger partial charge in [-0.05, 0) is 80.0 Å². The number of aliphatic hydroxyl groups excluding tert-OH is 1. The molecule has 0 amide bonds. The van der Waals surface area contributed by atoms with E-state index in [1.165, 1.54) is 25.7 Å². The molecule has 0 bridgehead atoms. The van der Waals surface area contributed by atoms with Gasteiger partial charge < -0.3 is 24.1 Å². The van der Waals surface area contributed by atoms with Crippen LogP contribution in [0.25, 0.3) is 0 Å². The molecule has 2 heterocycles. The molecule has 0 aromatic rings. The summed E-state index contributed by atoms with van der Waals surface area (Å²) in [6.07, 6.45) is 8.70. The van der Waals surface area contributed by atoms with E-state index < -0.39 is 5.79 Å². The van der Waals surface area contributed by atoms with Crippen LogP contribution in [-0.4, -0.2) is 49.2 Å². The van der Waals surface area contributed by atoms with Crippen molar-refractivity contribution in [3.63, 3.8) is 0 Å². The number of hydrogen-bond acceptors (Lipinski definition) is 5. The minimum Gasteiger partial charge on any atom is -0.393 e. The van der Waals surface area contributed by atoms with Crippen molar-refractivity contribution in [1.82, 2.24) is 0 Å². The maximum atomic E-state index is 11.7. The van der Waals surface area contributed by atoms with Crippen LogP contribution >= 0.6 is 0 Å². The molecule has 4 saturated carbocycles. The van der Waals surface area contributed by atoms with Crippen molar-refractivity contribution in [3.05, 3.63) is 0 Å². The van der Waals surface area contributed by atoms with Crippen molar-refractivity contribution in [3.8, 4) is 0 Å². The molecule has 0 unspecified atom stereocenters. The predicted molar refractivity (Wildman–Crippen MR) is 112 cm³/mol. The first-order chi connectivity index (χ1) is 14.3. The zero-order valence-corrected chi connectivity index (χ0v) is 19.0. The monoisotopic (exact) mass is 420 g/mol. The van der Waals surface area contributed by atoms with Crippen molar-refractivity contribution in [1.29, 1.82) is 0 Å². The molecule has 6 rings (SSSR count). The summed E-state index contributed by atoms with van der Waals surface area (Å²) in [4.78, 5) is 0. The largest absolute Gasteiger partial charge is 0.393 e. The zero-order chi connectivity index (χ0) is 20.8. The van der Waals surface area contributed by atoms with E-state index in [9.17, 15) is 5.11 Å². The van der Waals surface area contributed by atoms with Gasteiger partial charge in [0.25, 0.3) is 0 Å². The summed E-state index contributed by atoms with van der Waals surface area (Å²) in [5.41, 5.74) is 0.309. The number of ether oxygens (including phenoxy) is 4. The standard InChI is InChI=1S/C25H40O5/c1-22-8-9-25(29-12-13-30-25)14-16(22)4-5-17-18-6-7-20(24(3)27-10-11-28-24)23(18,2)15-19(26)21(17)22/h16-21,26H,4-15H2,1-3H3/t16-,17+,18-,19+,20-,21-,22+,23+/m1/s1. The van der Waals surface area contributed by atoms with Crippen molar-refractivity contribution < 1.29 is 24.1 Å². The highest BCUT2D eigenvalue weighted by Gasteiger charge is 2.67. The summed E-state index contributed by atoms with van der Waals surface area (Å²) in [6.45, 7) is 9.96. The molecule has 6 aliphatic rings. The zero-order valence-electron chi connectivity index (χ0n) is 19.0. The Hall–Kier alpha value is -0.200. The van der Waals surface area contributed by atoms with Gasteiger partial charge in [-0.25, -0.2) is 0 Å². The molecule has 0 aromatic carbocycles. The Balaban J connectivity index is 1.28. The minimum atomic E-state index is -0.467. The van der Waals surface area contributed by atoms with E-state index in [2.05, 4.69) is 20.8 Å². The summed E-state index contributed by atoms with van der Waals surface area (Å²) in [5, 5.41) is 11.7. The quantitative estimate of drug-likeness (QED) is 0.691. The van der Waals surface area contributed by atoms with E-state index >= 15 is 0 Å². The van der Waals surface area contributed by atoms with Crippen LogP contribution < -0.4 is 0 Å². The van der Waals surface area contributed by atoms with Gasteiger partial charge >= 0.3 is 0 Å². The van der Waals surface area contributed by atoms with Crippen LogP contribution in [0.4, 0.5) is 0 Å². The Bertz CT molecular complexity index is 683. The van der Waals surface area contributed by atoms with Gasteiger partial charge in [0.05, 0.1) is 32.5 Å². The maximum absolute atomic E-state index is 11.7.